The zero-order valence-corrected chi connectivity index (χ0v) is 14.7. The molecule has 1 aliphatic heterocycles. The number of hydrogen-bond donors (Lipinski definition) is 2. The van der Waals surface area contributed by atoms with Crippen LogP contribution in [0.5, 0.6) is 0 Å². The van der Waals surface area contributed by atoms with E-state index in [9.17, 15) is 4.79 Å². The summed E-state index contributed by atoms with van der Waals surface area (Å²) in [5, 5.41) is 12.7. The van der Waals surface area contributed by atoms with E-state index in [0.717, 1.165) is 46.0 Å². The normalized spacial score (nSPS) is 17.5. The molecule has 2 N–H and O–H groups in total. The maximum absolute atomic E-state index is 12.5. The lowest BCUT2D eigenvalue weighted by atomic mass is 10.2. The molecule has 3 heterocycles. The topological polar surface area (TPSA) is 59.0 Å². The van der Waals surface area contributed by atoms with E-state index in [2.05, 4.69) is 15.7 Å². The van der Waals surface area contributed by atoms with Crippen molar-refractivity contribution in [2.75, 3.05) is 13.1 Å². The molecule has 24 heavy (non-hydrogen) atoms. The van der Waals surface area contributed by atoms with Crippen molar-refractivity contribution in [1.29, 1.82) is 0 Å². The van der Waals surface area contributed by atoms with E-state index in [4.69, 9.17) is 11.6 Å². The van der Waals surface area contributed by atoms with Crippen molar-refractivity contribution in [2.45, 2.75) is 19.4 Å². The highest BCUT2D eigenvalue weighted by atomic mass is 35.5. The van der Waals surface area contributed by atoms with Gasteiger partial charge in [-0.3, -0.25) is 4.79 Å². The van der Waals surface area contributed by atoms with Crippen LogP contribution in [0, 0.1) is 6.92 Å². The Bertz CT molecular complexity index is 893. The van der Waals surface area contributed by atoms with Gasteiger partial charge in [0.05, 0.1) is 16.3 Å². The Labute approximate surface area is 148 Å². The number of fused-ring (bicyclic) bond motifs is 1. The van der Waals surface area contributed by atoms with Gasteiger partial charge >= 0.3 is 0 Å². The molecule has 124 valence electrons. The summed E-state index contributed by atoms with van der Waals surface area (Å²) in [7, 11) is 0. The lowest BCUT2D eigenvalue weighted by Gasteiger charge is -2.09. The van der Waals surface area contributed by atoms with Crippen molar-refractivity contribution >= 4 is 39.1 Å². The summed E-state index contributed by atoms with van der Waals surface area (Å²) in [5.41, 5.74) is 1.85. The Balaban J connectivity index is 1.68. The van der Waals surface area contributed by atoms with Crippen LogP contribution in [-0.2, 0) is 0 Å². The molecule has 5 nitrogen and oxygen atoms in total. The number of halogens is 1. The number of rotatable bonds is 3. The lowest BCUT2D eigenvalue weighted by molar-refractivity contribution is 0.0944. The smallest absolute Gasteiger partial charge is 0.261 e. The van der Waals surface area contributed by atoms with Crippen LogP contribution in [0.1, 0.15) is 21.8 Å². The molecule has 0 aliphatic carbocycles. The third-order valence-electron chi connectivity index (χ3n) is 4.24. The Hall–Kier alpha value is -1.89. The van der Waals surface area contributed by atoms with Crippen molar-refractivity contribution in [2.24, 2.45) is 0 Å². The molecule has 1 aromatic carbocycles. The molecule has 1 aliphatic rings. The number of nitrogens with one attached hydrogen (secondary N) is 2. The van der Waals surface area contributed by atoms with E-state index in [1.165, 1.54) is 11.3 Å². The summed E-state index contributed by atoms with van der Waals surface area (Å²) in [6.07, 6.45) is 0.980. The van der Waals surface area contributed by atoms with Crippen LogP contribution in [0.3, 0.4) is 0 Å². The number of hydrogen-bond acceptors (Lipinski definition) is 4. The van der Waals surface area contributed by atoms with Crippen molar-refractivity contribution in [3.8, 4) is 5.69 Å². The van der Waals surface area contributed by atoms with Gasteiger partial charge in [0, 0.05) is 23.0 Å². The number of thiophene rings is 1. The summed E-state index contributed by atoms with van der Waals surface area (Å²) in [6.45, 7) is 3.76. The fourth-order valence-corrected chi connectivity index (χ4v) is 4.16. The first-order valence-corrected chi connectivity index (χ1v) is 9.08. The molecule has 1 atom stereocenters. The average molecular weight is 361 g/mol. The van der Waals surface area contributed by atoms with Gasteiger partial charge in [0.1, 0.15) is 4.83 Å². The van der Waals surface area contributed by atoms with Crippen molar-refractivity contribution < 1.29 is 4.79 Å². The van der Waals surface area contributed by atoms with E-state index in [0.29, 0.717) is 5.02 Å². The quantitative estimate of drug-likeness (QED) is 0.754. The molecule has 0 bridgehead atoms. The minimum atomic E-state index is -0.00745. The predicted octanol–water partition coefficient (Wildman–Crippen LogP) is 3.14. The first-order chi connectivity index (χ1) is 11.6. The van der Waals surface area contributed by atoms with Crippen LogP contribution < -0.4 is 10.6 Å². The summed E-state index contributed by atoms with van der Waals surface area (Å²) in [4.78, 5) is 14.2. The number of aromatic nitrogens is 2. The molecule has 7 heteroatoms. The van der Waals surface area contributed by atoms with E-state index < -0.39 is 0 Å². The first kappa shape index (κ1) is 15.6. The summed E-state index contributed by atoms with van der Waals surface area (Å²) in [6, 6.07) is 9.70. The zero-order chi connectivity index (χ0) is 16.7. The summed E-state index contributed by atoms with van der Waals surface area (Å²) >= 11 is 7.43. The van der Waals surface area contributed by atoms with Crippen LogP contribution in [0.15, 0.2) is 30.3 Å². The minimum absolute atomic E-state index is 0.00745. The predicted molar refractivity (Wildman–Crippen MR) is 97.4 cm³/mol. The number of benzene rings is 1. The van der Waals surface area contributed by atoms with E-state index >= 15 is 0 Å². The number of nitrogens with zero attached hydrogens (tertiary/aromatic N) is 2. The molecule has 0 saturated carbocycles. The molecule has 1 amide bonds. The van der Waals surface area contributed by atoms with Crippen molar-refractivity contribution in [3.05, 3.63) is 45.9 Å². The minimum Gasteiger partial charge on any atom is -0.347 e. The Kier molecular flexibility index (Phi) is 4.04. The second-order valence-corrected chi connectivity index (χ2v) is 7.43. The zero-order valence-electron chi connectivity index (χ0n) is 13.2. The maximum Gasteiger partial charge on any atom is 0.261 e. The van der Waals surface area contributed by atoms with Crippen LogP contribution in [0.2, 0.25) is 5.02 Å². The molecule has 1 unspecified atom stereocenters. The molecule has 1 saturated heterocycles. The molecule has 0 spiro atoms. The fourth-order valence-electron chi connectivity index (χ4n) is 2.95. The van der Waals surface area contributed by atoms with Gasteiger partial charge in [-0.1, -0.05) is 11.6 Å². The average Bonchev–Trinajstić information content (AvgIpc) is 3.27. The number of carbonyl (C=O) groups excluding carboxylic acids is 1. The standard InChI is InChI=1S/C17H17ClN4OS/c1-10-14-8-15(16(23)20-12-6-7-19-9-12)24-17(14)22(21-10)13-4-2-11(18)3-5-13/h2-5,8,12,19H,6-7,9H2,1H3,(H,20,23). The van der Waals surface area contributed by atoms with Crippen molar-refractivity contribution in [3.63, 3.8) is 0 Å². The van der Waals surface area contributed by atoms with Crippen LogP contribution in [-0.4, -0.2) is 34.8 Å². The third kappa shape index (κ3) is 2.81. The summed E-state index contributed by atoms with van der Waals surface area (Å²) in [5.74, 6) is -0.00745. The molecule has 2 aromatic heterocycles. The number of aryl methyl sites for hydroxylation is 1. The van der Waals surface area contributed by atoms with E-state index in [1.54, 1.807) is 0 Å². The first-order valence-electron chi connectivity index (χ1n) is 7.88. The van der Waals surface area contributed by atoms with Gasteiger partial charge < -0.3 is 10.6 Å². The van der Waals surface area contributed by atoms with Crippen LogP contribution in [0.25, 0.3) is 15.9 Å². The molecule has 1 fully saturated rings. The second kappa shape index (κ2) is 6.20. The fraction of sp³-hybridized carbons (Fsp3) is 0.294. The number of carbonyl (C=O) groups is 1. The van der Waals surface area contributed by atoms with Gasteiger partial charge in [-0.2, -0.15) is 5.10 Å². The largest absolute Gasteiger partial charge is 0.347 e. The molecular formula is C17H17ClN4OS. The highest BCUT2D eigenvalue weighted by Gasteiger charge is 2.21. The lowest BCUT2D eigenvalue weighted by Crippen LogP contribution is -2.35. The van der Waals surface area contributed by atoms with Gasteiger partial charge in [0.25, 0.3) is 5.91 Å². The van der Waals surface area contributed by atoms with E-state index in [-0.39, 0.29) is 11.9 Å². The van der Waals surface area contributed by atoms with E-state index in [1.807, 2.05) is 41.9 Å². The summed E-state index contributed by atoms with van der Waals surface area (Å²) < 4.78 is 1.87. The molecule has 4 rings (SSSR count). The van der Waals surface area contributed by atoms with Crippen LogP contribution >= 0.6 is 22.9 Å². The van der Waals surface area contributed by atoms with Gasteiger partial charge in [0.15, 0.2) is 0 Å². The Morgan fingerprint density at radius 3 is 2.92 bits per heavy atom. The third-order valence-corrected chi connectivity index (χ3v) is 5.60. The number of amides is 1. The van der Waals surface area contributed by atoms with Crippen LogP contribution in [0.4, 0.5) is 0 Å². The molecule has 3 aromatic rings. The highest BCUT2D eigenvalue weighted by molar-refractivity contribution is 7.20. The second-order valence-electron chi connectivity index (χ2n) is 5.97. The van der Waals surface area contributed by atoms with Crippen molar-refractivity contribution in [1.82, 2.24) is 20.4 Å². The monoisotopic (exact) mass is 360 g/mol. The van der Waals surface area contributed by atoms with Gasteiger partial charge in [-0.25, -0.2) is 4.68 Å². The van der Waals surface area contributed by atoms with Gasteiger partial charge in [-0.15, -0.1) is 11.3 Å². The van der Waals surface area contributed by atoms with Gasteiger partial charge in [-0.05, 0) is 50.2 Å². The Morgan fingerprint density at radius 1 is 1.42 bits per heavy atom. The SMILES string of the molecule is Cc1nn(-c2ccc(Cl)cc2)c2sc(C(=O)NC3CCNC3)cc12. The Morgan fingerprint density at radius 2 is 2.21 bits per heavy atom. The maximum atomic E-state index is 12.5. The van der Waals surface area contributed by atoms with Gasteiger partial charge in [0.2, 0.25) is 0 Å². The molecular weight excluding hydrogens is 344 g/mol. The highest BCUT2D eigenvalue weighted by Crippen LogP contribution is 2.30. The molecule has 0 radical (unpaired) electrons.